The highest BCUT2D eigenvalue weighted by Gasteiger charge is 2.25. The lowest BCUT2D eigenvalue weighted by molar-refractivity contribution is -0.385. The molecule has 0 aromatic heterocycles. The fourth-order valence-corrected chi connectivity index (χ4v) is 3.10. The van der Waals surface area contributed by atoms with E-state index in [1.54, 1.807) is 0 Å². The van der Waals surface area contributed by atoms with Crippen molar-refractivity contribution < 1.29 is 24.0 Å². The average molecular weight is 398 g/mol. The highest BCUT2D eigenvalue weighted by Crippen LogP contribution is 2.24. The average Bonchev–Trinajstić information content (AvgIpc) is 2.61. The zero-order valence-electron chi connectivity index (χ0n) is 14.7. The molecule has 3 amide bonds. The van der Waals surface area contributed by atoms with Gasteiger partial charge in [-0.3, -0.25) is 20.2 Å². The number of carbonyl (C=O) groups excluding carboxylic acids is 3. The van der Waals surface area contributed by atoms with Gasteiger partial charge in [0.15, 0.2) is 6.61 Å². The first-order valence-corrected chi connectivity index (χ1v) is 8.87. The molecule has 2 N–H and O–H groups in total. The fourth-order valence-electron chi connectivity index (χ4n) is 2.94. The molecule has 1 aromatic carbocycles. The number of hydrogen-bond acceptors (Lipinski definition) is 6. The second kappa shape index (κ2) is 9.31. The number of imide groups is 1. The predicted molar refractivity (Wildman–Crippen MR) is 96.5 cm³/mol. The maximum absolute atomic E-state index is 12.0. The van der Waals surface area contributed by atoms with Gasteiger partial charge in [-0.25, -0.2) is 9.59 Å². The van der Waals surface area contributed by atoms with Gasteiger partial charge < -0.3 is 10.1 Å². The summed E-state index contributed by atoms with van der Waals surface area (Å²) in [6.07, 6.45) is 3.99. The van der Waals surface area contributed by atoms with Gasteiger partial charge in [0.1, 0.15) is 5.56 Å². The minimum absolute atomic E-state index is 0.00850. The number of halogens is 1. The number of rotatable bonds is 5. The van der Waals surface area contributed by atoms with Crippen LogP contribution in [-0.2, 0) is 9.53 Å². The molecule has 0 saturated heterocycles. The lowest BCUT2D eigenvalue weighted by Gasteiger charge is -2.29. The van der Waals surface area contributed by atoms with Gasteiger partial charge in [-0.05, 0) is 30.9 Å². The summed E-state index contributed by atoms with van der Waals surface area (Å²) < 4.78 is 4.75. The summed E-state index contributed by atoms with van der Waals surface area (Å²) in [5, 5.41) is 15.9. The minimum Gasteiger partial charge on any atom is -0.452 e. The summed E-state index contributed by atoms with van der Waals surface area (Å²) in [6, 6.07) is 2.77. The van der Waals surface area contributed by atoms with Gasteiger partial charge >= 0.3 is 12.0 Å². The topological polar surface area (TPSA) is 128 Å². The van der Waals surface area contributed by atoms with E-state index in [1.807, 2.05) is 6.92 Å². The van der Waals surface area contributed by atoms with E-state index in [0.717, 1.165) is 37.8 Å². The Bertz CT molecular complexity index is 754. The molecule has 27 heavy (non-hydrogen) atoms. The van der Waals surface area contributed by atoms with E-state index in [9.17, 15) is 24.5 Å². The first-order chi connectivity index (χ1) is 12.8. The normalized spacial score (nSPS) is 19.0. The van der Waals surface area contributed by atoms with E-state index >= 15 is 0 Å². The molecule has 1 aromatic rings. The third-order valence-corrected chi connectivity index (χ3v) is 4.63. The van der Waals surface area contributed by atoms with Crippen molar-refractivity contribution in [1.29, 1.82) is 0 Å². The molecule has 1 fully saturated rings. The first kappa shape index (κ1) is 20.6. The number of nitrogens with zero attached hydrogens (tertiary/aromatic N) is 1. The molecule has 0 aliphatic heterocycles. The van der Waals surface area contributed by atoms with Crippen molar-refractivity contribution in [2.24, 2.45) is 5.92 Å². The Balaban J connectivity index is 1.85. The second-order valence-corrected chi connectivity index (χ2v) is 6.82. The Kier molecular flexibility index (Phi) is 7.12. The van der Waals surface area contributed by atoms with E-state index in [-0.39, 0.29) is 16.6 Å². The van der Waals surface area contributed by atoms with E-state index < -0.39 is 35.1 Å². The first-order valence-electron chi connectivity index (χ1n) is 8.49. The summed E-state index contributed by atoms with van der Waals surface area (Å²) in [4.78, 5) is 45.8. The molecule has 0 radical (unpaired) electrons. The standard InChI is InChI=1S/C17H20ClN3O6/c1-10-4-2-3-5-13(10)19-17(24)20-15(22)9-27-16(23)12-7-6-11(18)8-14(12)21(25)26/h6-8,10,13H,2-5,9H2,1H3,(H2,19,20,22,24)/t10-,13-/m0/s1. The van der Waals surface area contributed by atoms with Crippen molar-refractivity contribution >= 4 is 35.2 Å². The van der Waals surface area contributed by atoms with Crippen LogP contribution in [0.1, 0.15) is 43.0 Å². The van der Waals surface area contributed by atoms with Gasteiger partial charge in [-0.1, -0.05) is 31.4 Å². The van der Waals surface area contributed by atoms with Gasteiger partial charge in [0.2, 0.25) is 0 Å². The third-order valence-electron chi connectivity index (χ3n) is 4.39. The molecule has 1 saturated carbocycles. The largest absolute Gasteiger partial charge is 0.452 e. The van der Waals surface area contributed by atoms with Gasteiger partial charge in [-0.15, -0.1) is 0 Å². The van der Waals surface area contributed by atoms with E-state index in [2.05, 4.69) is 10.6 Å². The number of nitro groups is 1. The Hall–Kier alpha value is -2.68. The predicted octanol–water partition coefficient (Wildman–Crippen LogP) is 2.81. The van der Waals surface area contributed by atoms with Crippen molar-refractivity contribution in [3.05, 3.63) is 38.9 Å². The van der Waals surface area contributed by atoms with Crippen LogP contribution in [0.5, 0.6) is 0 Å². The van der Waals surface area contributed by atoms with Crippen molar-refractivity contribution in [1.82, 2.24) is 10.6 Å². The molecular formula is C17H20ClN3O6. The lowest BCUT2D eigenvalue weighted by Crippen LogP contribution is -2.48. The van der Waals surface area contributed by atoms with Crippen LogP contribution >= 0.6 is 11.6 Å². The Morgan fingerprint density at radius 1 is 1.30 bits per heavy atom. The molecule has 0 bridgehead atoms. The number of benzene rings is 1. The number of ether oxygens (including phenoxy) is 1. The molecule has 1 aliphatic rings. The SMILES string of the molecule is C[C@H]1CCCC[C@@H]1NC(=O)NC(=O)COC(=O)c1ccc(Cl)cc1[N+](=O)[O-]. The van der Waals surface area contributed by atoms with Crippen LogP contribution < -0.4 is 10.6 Å². The summed E-state index contributed by atoms with van der Waals surface area (Å²) in [6.45, 7) is 1.29. The van der Waals surface area contributed by atoms with E-state index in [4.69, 9.17) is 16.3 Å². The molecular weight excluding hydrogens is 378 g/mol. The van der Waals surface area contributed by atoms with Crippen LogP contribution in [0.15, 0.2) is 18.2 Å². The van der Waals surface area contributed by atoms with E-state index in [1.165, 1.54) is 6.07 Å². The maximum Gasteiger partial charge on any atom is 0.345 e. The summed E-state index contributed by atoms with van der Waals surface area (Å²) >= 11 is 5.68. The molecule has 0 heterocycles. The van der Waals surface area contributed by atoms with Crippen molar-refractivity contribution in [3.8, 4) is 0 Å². The van der Waals surface area contributed by atoms with Crippen LogP contribution in [0.2, 0.25) is 5.02 Å². The Morgan fingerprint density at radius 3 is 2.67 bits per heavy atom. The zero-order valence-corrected chi connectivity index (χ0v) is 15.5. The van der Waals surface area contributed by atoms with Crippen LogP contribution in [0.25, 0.3) is 0 Å². The summed E-state index contributed by atoms with van der Waals surface area (Å²) in [5.74, 6) is -1.57. The van der Waals surface area contributed by atoms with Gasteiger partial charge in [0.25, 0.3) is 11.6 Å². The number of urea groups is 1. The number of carbonyl (C=O) groups is 3. The molecule has 9 nitrogen and oxygen atoms in total. The fraction of sp³-hybridized carbons (Fsp3) is 0.471. The van der Waals surface area contributed by atoms with Crippen molar-refractivity contribution in [3.63, 3.8) is 0 Å². The van der Waals surface area contributed by atoms with Gasteiger partial charge in [0.05, 0.1) is 4.92 Å². The highest BCUT2D eigenvalue weighted by atomic mass is 35.5. The third kappa shape index (κ3) is 5.92. The van der Waals surface area contributed by atoms with E-state index in [0.29, 0.717) is 5.92 Å². The molecule has 0 spiro atoms. The van der Waals surface area contributed by atoms with Gasteiger partial charge in [0, 0.05) is 17.1 Å². The molecule has 10 heteroatoms. The monoisotopic (exact) mass is 397 g/mol. The van der Waals surface area contributed by atoms with Crippen LogP contribution in [0.3, 0.4) is 0 Å². The van der Waals surface area contributed by atoms with Crippen molar-refractivity contribution in [2.45, 2.75) is 38.6 Å². The molecule has 2 atom stereocenters. The number of nitrogens with one attached hydrogen (secondary N) is 2. The highest BCUT2D eigenvalue weighted by molar-refractivity contribution is 6.31. The molecule has 1 aliphatic carbocycles. The smallest absolute Gasteiger partial charge is 0.345 e. The van der Waals surface area contributed by atoms with Crippen LogP contribution in [0.4, 0.5) is 10.5 Å². The summed E-state index contributed by atoms with van der Waals surface area (Å²) in [7, 11) is 0. The van der Waals surface area contributed by atoms with Crippen molar-refractivity contribution in [2.75, 3.05) is 6.61 Å². The maximum atomic E-state index is 12.0. The Morgan fingerprint density at radius 2 is 2.00 bits per heavy atom. The molecule has 146 valence electrons. The molecule has 0 unspecified atom stereocenters. The number of nitro benzene ring substituents is 1. The van der Waals surface area contributed by atoms with Crippen LogP contribution in [0, 0.1) is 16.0 Å². The quantitative estimate of drug-likeness (QED) is 0.446. The number of amides is 3. The second-order valence-electron chi connectivity index (χ2n) is 6.38. The Labute approximate surface area is 160 Å². The lowest BCUT2D eigenvalue weighted by atomic mass is 9.86. The van der Waals surface area contributed by atoms with Crippen LogP contribution in [-0.4, -0.2) is 35.5 Å². The molecule has 2 rings (SSSR count). The number of hydrogen-bond donors (Lipinski definition) is 2. The zero-order chi connectivity index (χ0) is 20.0. The minimum atomic E-state index is -1.06. The summed E-state index contributed by atoms with van der Waals surface area (Å²) in [5.41, 5.74) is -0.866. The van der Waals surface area contributed by atoms with Gasteiger partial charge in [-0.2, -0.15) is 0 Å². The number of esters is 1.